The van der Waals surface area contributed by atoms with Gasteiger partial charge in [0, 0.05) is 6.07 Å². The van der Waals surface area contributed by atoms with Crippen molar-refractivity contribution in [1.82, 2.24) is 0 Å². The lowest BCUT2D eigenvalue weighted by Crippen LogP contribution is -2.32. The van der Waals surface area contributed by atoms with E-state index in [1.165, 1.54) is 0 Å². The molecule has 98 valence electrons. The van der Waals surface area contributed by atoms with E-state index >= 15 is 0 Å². The molecular formula is C15H14O4. The normalized spacial score (nSPS) is 17.0. The summed E-state index contributed by atoms with van der Waals surface area (Å²) in [5.41, 5.74) is 0. The predicted octanol–water partition coefficient (Wildman–Crippen LogP) is 2.61. The standard InChI is InChI=1S/C15H14O4/c16-9-13-10-17-15-8-12(6-7-14(15)19-13)18-11-4-2-1-3-5-11/h1-8,13,16H,9-10H2/t13-/m1/s1. The minimum absolute atomic E-state index is 0.0539. The number of ether oxygens (including phenoxy) is 3. The number of fused-ring (bicyclic) bond motifs is 1. The Hall–Kier alpha value is -2.20. The first-order chi connectivity index (χ1) is 9.35. The highest BCUT2D eigenvalue weighted by Crippen LogP contribution is 2.36. The maximum Gasteiger partial charge on any atom is 0.165 e. The van der Waals surface area contributed by atoms with Crippen LogP contribution in [-0.2, 0) is 0 Å². The Bertz CT molecular complexity index is 553. The van der Waals surface area contributed by atoms with Gasteiger partial charge in [-0.25, -0.2) is 0 Å². The molecule has 1 aliphatic heterocycles. The second kappa shape index (κ2) is 5.20. The van der Waals surface area contributed by atoms with E-state index in [9.17, 15) is 0 Å². The van der Waals surface area contributed by atoms with Crippen molar-refractivity contribution in [3.05, 3.63) is 48.5 Å². The molecule has 0 fully saturated rings. The molecule has 2 aromatic carbocycles. The topological polar surface area (TPSA) is 47.9 Å². The van der Waals surface area contributed by atoms with Gasteiger partial charge in [0.25, 0.3) is 0 Å². The maximum atomic E-state index is 9.04. The van der Waals surface area contributed by atoms with Crippen LogP contribution in [0.5, 0.6) is 23.0 Å². The van der Waals surface area contributed by atoms with Crippen LogP contribution in [0.4, 0.5) is 0 Å². The summed E-state index contributed by atoms with van der Waals surface area (Å²) in [6.45, 7) is 0.292. The Labute approximate surface area is 111 Å². The van der Waals surface area contributed by atoms with E-state index in [0.29, 0.717) is 23.9 Å². The van der Waals surface area contributed by atoms with E-state index in [-0.39, 0.29) is 12.7 Å². The van der Waals surface area contributed by atoms with Crippen LogP contribution in [0.15, 0.2) is 48.5 Å². The Morgan fingerprint density at radius 2 is 1.89 bits per heavy atom. The quantitative estimate of drug-likeness (QED) is 0.919. The number of aliphatic hydroxyl groups excluding tert-OH is 1. The van der Waals surface area contributed by atoms with Crippen molar-refractivity contribution in [3.8, 4) is 23.0 Å². The molecule has 4 heteroatoms. The van der Waals surface area contributed by atoms with Crippen LogP contribution in [0.25, 0.3) is 0 Å². The van der Waals surface area contributed by atoms with Gasteiger partial charge < -0.3 is 19.3 Å². The van der Waals surface area contributed by atoms with Crippen LogP contribution in [-0.4, -0.2) is 24.4 Å². The molecule has 2 aromatic rings. The first-order valence-corrected chi connectivity index (χ1v) is 6.12. The van der Waals surface area contributed by atoms with Gasteiger partial charge in [-0.05, 0) is 24.3 Å². The Morgan fingerprint density at radius 1 is 1.05 bits per heavy atom. The van der Waals surface area contributed by atoms with Gasteiger partial charge >= 0.3 is 0 Å². The van der Waals surface area contributed by atoms with Crippen LogP contribution in [0.3, 0.4) is 0 Å². The molecule has 1 aliphatic rings. The van der Waals surface area contributed by atoms with Gasteiger partial charge in [0.15, 0.2) is 17.6 Å². The van der Waals surface area contributed by atoms with Gasteiger partial charge in [-0.3, -0.25) is 0 Å². The van der Waals surface area contributed by atoms with Crippen molar-refractivity contribution in [2.75, 3.05) is 13.2 Å². The molecule has 19 heavy (non-hydrogen) atoms. The van der Waals surface area contributed by atoms with Gasteiger partial charge in [-0.2, -0.15) is 0 Å². The van der Waals surface area contributed by atoms with E-state index < -0.39 is 0 Å². The summed E-state index contributed by atoms with van der Waals surface area (Å²) in [6.07, 6.45) is -0.298. The zero-order chi connectivity index (χ0) is 13.1. The number of benzene rings is 2. The van der Waals surface area contributed by atoms with Gasteiger partial charge in [0.05, 0.1) is 6.61 Å². The molecule has 0 aromatic heterocycles. The van der Waals surface area contributed by atoms with Crippen molar-refractivity contribution >= 4 is 0 Å². The molecule has 0 spiro atoms. The third-order valence-electron chi connectivity index (χ3n) is 2.82. The number of aliphatic hydroxyl groups is 1. The molecule has 0 saturated heterocycles. The molecule has 0 saturated carbocycles. The maximum absolute atomic E-state index is 9.04. The Kier molecular flexibility index (Phi) is 3.25. The Morgan fingerprint density at radius 3 is 2.68 bits per heavy atom. The third kappa shape index (κ3) is 2.63. The molecule has 4 nitrogen and oxygen atoms in total. The largest absolute Gasteiger partial charge is 0.486 e. The van der Waals surface area contributed by atoms with Crippen LogP contribution >= 0.6 is 0 Å². The van der Waals surface area contributed by atoms with Gasteiger partial charge in [-0.1, -0.05) is 18.2 Å². The number of hydrogen-bond acceptors (Lipinski definition) is 4. The van der Waals surface area contributed by atoms with Crippen molar-refractivity contribution in [3.63, 3.8) is 0 Å². The highest BCUT2D eigenvalue weighted by atomic mass is 16.6. The molecule has 0 unspecified atom stereocenters. The van der Waals surface area contributed by atoms with E-state index in [2.05, 4.69) is 0 Å². The second-order valence-corrected chi connectivity index (χ2v) is 4.26. The number of para-hydroxylation sites is 1. The van der Waals surface area contributed by atoms with Gasteiger partial charge in [-0.15, -0.1) is 0 Å². The van der Waals surface area contributed by atoms with Crippen LogP contribution < -0.4 is 14.2 Å². The summed E-state index contributed by atoms with van der Waals surface area (Å²) in [5.74, 6) is 2.73. The average molecular weight is 258 g/mol. The molecule has 1 N–H and O–H groups in total. The molecule has 0 bridgehead atoms. The van der Waals surface area contributed by atoms with Gasteiger partial charge in [0.2, 0.25) is 0 Å². The summed E-state index contributed by atoms with van der Waals surface area (Å²) in [7, 11) is 0. The zero-order valence-electron chi connectivity index (χ0n) is 10.3. The first-order valence-electron chi connectivity index (χ1n) is 6.12. The molecule has 0 radical (unpaired) electrons. The minimum Gasteiger partial charge on any atom is -0.486 e. The highest BCUT2D eigenvalue weighted by molar-refractivity contribution is 5.47. The molecule has 0 amide bonds. The molecule has 1 heterocycles. The molecule has 3 rings (SSSR count). The van der Waals surface area contributed by atoms with Crippen LogP contribution in [0, 0.1) is 0 Å². The summed E-state index contributed by atoms with van der Waals surface area (Å²) < 4.78 is 16.8. The van der Waals surface area contributed by atoms with Crippen molar-refractivity contribution < 1.29 is 19.3 Å². The lowest BCUT2D eigenvalue weighted by atomic mass is 10.2. The van der Waals surface area contributed by atoms with Gasteiger partial charge in [0.1, 0.15) is 18.1 Å². The van der Waals surface area contributed by atoms with E-state index in [4.69, 9.17) is 19.3 Å². The summed E-state index contributed by atoms with van der Waals surface area (Å²) in [6, 6.07) is 14.9. The van der Waals surface area contributed by atoms with Crippen molar-refractivity contribution in [2.24, 2.45) is 0 Å². The van der Waals surface area contributed by atoms with E-state index in [1.54, 1.807) is 12.1 Å². The Balaban J connectivity index is 1.79. The lowest BCUT2D eigenvalue weighted by Gasteiger charge is -2.25. The molecular weight excluding hydrogens is 244 g/mol. The smallest absolute Gasteiger partial charge is 0.165 e. The zero-order valence-corrected chi connectivity index (χ0v) is 10.3. The van der Waals surface area contributed by atoms with Crippen LogP contribution in [0.2, 0.25) is 0 Å². The number of hydrogen-bond donors (Lipinski definition) is 1. The van der Waals surface area contributed by atoms with Crippen LogP contribution in [0.1, 0.15) is 0 Å². The predicted molar refractivity (Wildman–Crippen MR) is 70.0 cm³/mol. The highest BCUT2D eigenvalue weighted by Gasteiger charge is 2.20. The summed E-state index contributed by atoms with van der Waals surface area (Å²) in [5, 5.41) is 9.04. The fourth-order valence-electron chi connectivity index (χ4n) is 1.87. The second-order valence-electron chi connectivity index (χ2n) is 4.26. The fourth-order valence-corrected chi connectivity index (χ4v) is 1.87. The van der Waals surface area contributed by atoms with Crippen molar-refractivity contribution in [1.29, 1.82) is 0 Å². The fraction of sp³-hybridized carbons (Fsp3) is 0.200. The van der Waals surface area contributed by atoms with E-state index in [1.807, 2.05) is 36.4 Å². The first kappa shape index (κ1) is 11.9. The summed E-state index contributed by atoms with van der Waals surface area (Å²) in [4.78, 5) is 0. The minimum atomic E-state index is -0.298. The third-order valence-corrected chi connectivity index (χ3v) is 2.82. The average Bonchev–Trinajstić information content (AvgIpc) is 2.48. The molecule has 0 aliphatic carbocycles. The van der Waals surface area contributed by atoms with Crippen molar-refractivity contribution in [2.45, 2.75) is 6.10 Å². The molecule has 1 atom stereocenters. The number of rotatable bonds is 3. The monoisotopic (exact) mass is 258 g/mol. The van der Waals surface area contributed by atoms with E-state index in [0.717, 1.165) is 5.75 Å². The summed E-state index contributed by atoms with van der Waals surface area (Å²) >= 11 is 0. The SMILES string of the molecule is OC[C@@H]1COc2cc(Oc3ccccc3)ccc2O1. The lowest BCUT2D eigenvalue weighted by molar-refractivity contribution is 0.0455.